The van der Waals surface area contributed by atoms with Crippen molar-refractivity contribution in [1.29, 1.82) is 5.26 Å². The van der Waals surface area contributed by atoms with Crippen molar-refractivity contribution in [3.63, 3.8) is 0 Å². The van der Waals surface area contributed by atoms with Gasteiger partial charge in [-0.15, -0.1) is 11.3 Å². The van der Waals surface area contributed by atoms with Crippen LogP contribution in [-0.4, -0.2) is 26.2 Å². The second-order valence-corrected chi connectivity index (χ2v) is 3.33. The lowest BCUT2D eigenvalue weighted by Crippen LogP contribution is -2.10. The Hall–Kier alpha value is -1.87. The van der Waals surface area contributed by atoms with Gasteiger partial charge in [0.25, 0.3) is 0 Å². The fourth-order valence-electron chi connectivity index (χ4n) is 1.01. The number of nitriles is 1. The first-order chi connectivity index (χ1) is 7.15. The number of ether oxygens (including phenoxy) is 2. The number of methoxy groups -OCH3 is 2. The lowest BCUT2D eigenvalue weighted by molar-refractivity contribution is 0.0556. The van der Waals surface area contributed by atoms with Crippen LogP contribution in [0.4, 0.5) is 0 Å². The van der Waals surface area contributed by atoms with E-state index in [0.717, 1.165) is 11.3 Å². The number of rotatable bonds is 2. The van der Waals surface area contributed by atoms with E-state index in [1.807, 2.05) is 6.07 Å². The molecule has 0 aliphatic carbocycles. The molecule has 0 aliphatic heterocycles. The number of nitrogens with zero attached hydrogens (tertiary/aromatic N) is 1. The predicted molar refractivity (Wildman–Crippen MR) is 51.7 cm³/mol. The summed E-state index contributed by atoms with van der Waals surface area (Å²) >= 11 is 1.00. The van der Waals surface area contributed by atoms with Gasteiger partial charge in [-0.1, -0.05) is 0 Å². The Balaban J connectivity index is 3.31. The summed E-state index contributed by atoms with van der Waals surface area (Å²) < 4.78 is 8.96. The standard InChI is InChI=1S/C9H7NO4S/c1-13-8(11)5-4-15-6(3-10)7(5)9(12)14-2/h4H,1-2H3. The van der Waals surface area contributed by atoms with Gasteiger partial charge in [0.05, 0.1) is 19.8 Å². The number of esters is 2. The van der Waals surface area contributed by atoms with Crippen LogP contribution in [0.25, 0.3) is 0 Å². The summed E-state index contributed by atoms with van der Waals surface area (Å²) in [6, 6.07) is 1.82. The van der Waals surface area contributed by atoms with Crippen molar-refractivity contribution in [2.75, 3.05) is 14.2 Å². The van der Waals surface area contributed by atoms with Crippen molar-refractivity contribution in [3.05, 3.63) is 21.4 Å². The van der Waals surface area contributed by atoms with Crippen LogP contribution >= 0.6 is 11.3 Å². The second kappa shape index (κ2) is 4.57. The fourth-order valence-corrected chi connectivity index (χ4v) is 1.82. The van der Waals surface area contributed by atoms with Crippen molar-refractivity contribution in [3.8, 4) is 6.07 Å². The summed E-state index contributed by atoms with van der Waals surface area (Å²) in [6.45, 7) is 0. The van der Waals surface area contributed by atoms with Crippen LogP contribution in [0.15, 0.2) is 5.38 Å². The third kappa shape index (κ3) is 1.97. The van der Waals surface area contributed by atoms with E-state index in [2.05, 4.69) is 9.47 Å². The lowest BCUT2D eigenvalue weighted by atomic mass is 10.1. The maximum atomic E-state index is 11.3. The van der Waals surface area contributed by atoms with Crippen LogP contribution < -0.4 is 0 Å². The van der Waals surface area contributed by atoms with E-state index in [1.165, 1.54) is 19.6 Å². The van der Waals surface area contributed by atoms with Crippen LogP contribution in [0.5, 0.6) is 0 Å². The molecule has 0 fully saturated rings. The Morgan fingerprint density at radius 3 is 2.40 bits per heavy atom. The van der Waals surface area contributed by atoms with Crippen LogP contribution in [-0.2, 0) is 9.47 Å². The van der Waals surface area contributed by atoms with E-state index in [0.29, 0.717) is 0 Å². The number of carbonyl (C=O) groups is 2. The lowest BCUT2D eigenvalue weighted by Gasteiger charge is -2.00. The molecule has 15 heavy (non-hydrogen) atoms. The molecule has 1 rings (SSSR count). The van der Waals surface area contributed by atoms with Crippen LogP contribution in [0.2, 0.25) is 0 Å². The Bertz CT molecular complexity index is 443. The Kier molecular flexibility index (Phi) is 3.42. The van der Waals surface area contributed by atoms with Gasteiger partial charge in [0, 0.05) is 5.38 Å². The number of hydrogen-bond donors (Lipinski definition) is 0. The van der Waals surface area contributed by atoms with E-state index in [1.54, 1.807) is 0 Å². The third-order valence-electron chi connectivity index (χ3n) is 1.69. The topological polar surface area (TPSA) is 76.4 Å². The molecule has 0 saturated carbocycles. The van der Waals surface area contributed by atoms with Gasteiger partial charge < -0.3 is 9.47 Å². The second-order valence-electron chi connectivity index (χ2n) is 2.45. The van der Waals surface area contributed by atoms with Crippen molar-refractivity contribution < 1.29 is 19.1 Å². The molecule has 0 aliphatic rings. The molecule has 1 aromatic heterocycles. The average Bonchev–Trinajstić information content (AvgIpc) is 2.70. The minimum atomic E-state index is -0.715. The Morgan fingerprint density at radius 1 is 1.33 bits per heavy atom. The molecule has 0 radical (unpaired) electrons. The fraction of sp³-hybridized carbons (Fsp3) is 0.222. The molecule has 5 nitrogen and oxygen atoms in total. The molecular formula is C9H7NO4S. The quantitative estimate of drug-likeness (QED) is 0.706. The molecule has 0 aromatic carbocycles. The first kappa shape index (κ1) is 11.2. The molecular weight excluding hydrogens is 218 g/mol. The minimum absolute atomic E-state index is 0.0307. The molecule has 1 aromatic rings. The van der Waals surface area contributed by atoms with E-state index in [4.69, 9.17) is 5.26 Å². The number of carbonyl (C=O) groups excluding carboxylic acids is 2. The SMILES string of the molecule is COC(=O)c1csc(C#N)c1C(=O)OC. The smallest absolute Gasteiger partial charge is 0.340 e. The zero-order valence-electron chi connectivity index (χ0n) is 8.07. The molecule has 0 saturated heterocycles. The number of hydrogen-bond acceptors (Lipinski definition) is 6. The van der Waals surface area contributed by atoms with Gasteiger partial charge in [-0.25, -0.2) is 9.59 Å². The van der Waals surface area contributed by atoms with E-state index < -0.39 is 11.9 Å². The molecule has 0 spiro atoms. The van der Waals surface area contributed by atoms with Gasteiger partial charge in [0.1, 0.15) is 16.5 Å². The van der Waals surface area contributed by atoms with Crippen LogP contribution in [0, 0.1) is 11.3 Å². The maximum absolute atomic E-state index is 11.3. The van der Waals surface area contributed by atoms with Crippen molar-refractivity contribution >= 4 is 23.3 Å². The zero-order valence-corrected chi connectivity index (χ0v) is 8.88. The van der Waals surface area contributed by atoms with E-state index in [-0.39, 0.29) is 16.0 Å². The molecule has 6 heteroatoms. The van der Waals surface area contributed by atoms with E-state index >= 15 is 0 Å². The third-order valence-corrected chi connectivity index (χ3v) is 2.57. The highest BCUT2D eigenvalue weighted by Crippen LogP contribution is 2.23. The summed E-state index contributed by atoms with van der Waals surface area (Å²) in [4.78, 5) is 22.7. The average molecular weight is 225 g/mol. The first-order valence-corrected chi connectivity index (χ1v) is 4.71. The van der Waals surface area contributed by atoms with E-state index in [9.17, 15) is 9.59 Å². The predicted octanol–water partition coefficient (Wildman–Crippen LogP) is 1.19. The molecule has 0 bridgehead atoms. The van der Waals surface area contributed by atoms with Gasteiger partial charge in [0.2, 0.25) is 0 Å². The monoisotopic (exact) mass is 225 g/mol. The van der Waals surface area contributed by atoms with Crippen molar-refractivity contribution in [2.24, 2.45) is 0 Å². The van der Waals surface area contributed by atoms with Crippen LogP contribution in [0.1, 0.15) is 25.6 Å². The molecule has 0 amide bonds. The molecule has 78 valence electrons. The summed E-state index contributed by atoms with van der Waals surface area (Å²) in [6.07, 6.45) is 0. The highest BCUT2D eigenvalue weighted by Gasteiger charge is 2.24. The summed E-state index contributed by atoms with van der Waals surface area (Å²) in [5.41, 5.74) is 0.0303. The summed E-state index contributed by atoms with van der Waals surface area (Å²) in [5, 5.41) is 10.1. The molecule has 0 atom stereocenters. The summed E-state index contributed by atoms with van der Waals surface area (Å²) in [7, 11) is 2.38. The van der Waals surface area contributed by atoms with Crippen molar-refractivity contribution in [2.45, 2.75) is 0 Å². The van der Waals surface area contributed by atoms with Gasteiger partial charge in [0.15, 0.2) is 0 Å². The summed E-state index contributed by atoms with van der Waals surface area (Å²) in [5.74, 6) is -1.37. The molecule has 0 unspecified atom stereocenters. The van der Waals surface area contributed by atoms with Gasteiger partial charge in [-0.2, -0.15) is 5.26 Å². The highest BCUT2D eigenvalue weighted by molar-refractivity contribution is 7.11. The highest BCUT2D eigenvalue weighted by atomic mass is 32.1. The Labute approximate surface area is 89.8 Å². The largest absolute Gasteiger partial charge is 0.465 e. The van der Waals surface area contributed by atoms with Crippen molar-refractivity contribution in [1.82, 2.24) is 0 Å². The zero-order chi connectivity index (χ0) is 11.4. The van der Waals surface area contributed by atoms with Gasteiger partial charge >= 0.3 is 11.9 Å². The first-order valence-electron chi connectivity index (χ1n) is 3.84. The normalized spacial score (nSPS) is 9.13. The maximum Gasteiger partial charge on any atom is 0.340 e. The van der Waals surface area contributed by atoms with Crippen LogP contribution in [0.3, 0.4) is 0 Å². The van der Waals surface area contributed by atoms with Gasteiger partial charge in [-0.3, -0.25) is 0 Å². The van der Waals surface area contributed by atoms with Gasteiger partial charge in [-0.05, 0) is 0 Å². The minimum Gasteiger partial charge on any atom is -0.465 e. The number of thiophene rings is 1. The Morgan fingerprint density at radius 2 is 1.93 bits per heavy atom. The molecule has 0 N–H and O–H groups in total. The molecule has 1 heterocycles.